The van der Waals surface area contributed by atoms with Crippen LogP contribution in [0.1, 0.15) is 24.2 Å². The maximum Gasteiger partial charge on any atom is 0.230 e. The van der Waals surface area contributed by atoms with Gasteiger partial charge in [0.15, 0.2) is 5.16 Å². The van der Waals surface area contributed by atoms with Crippen molar-refractivity contribution in [3.63, 3.8) is 0 Å². The fourth-order valence-electron chi connectivity index (χ4n) is 2.50. The molecule has 0 atom stereocenters. The Morgan fingerprint density at radius 2 is 2.20 bits per heavy atom. The molecule has 7 nitrogen and oxygen atoms in total. The first kappa shape index (κ1) is 17.3. The molecule has 0 saturated heterocycles. The molecule has 0 aliphatic rings. The van der Waals surface area contributed by atoms with E-state index in [1.54, 1.807) is 12.3 Å². The quantitative estimate of drug-likeness (QED) is 0.624. The molecule has 3 rings (SSSR count). The van der Waals surface area contributed by atoms with Gasteiger partial charge in [0.05, 0.1) is 18.6 Å². The summed E-state index contributed by atoms with van der Waals surface area (Å²) < 4.78 is 9.32. The van der Waals surface area contributed by atoms with Gasteiger partial charge in [-0.2, -0.15) is 0 Å². The number of amides is 1. The van der Waals surface area contributed by atoms with Crippen LogP contribution >= 0.6 is 11.8 Å². The molecule has 3 aromatic heterocycles. The summed E-state index contributed by atoms with van der Waals surface area (Å²) in [5, 5.41) is 12.1. The molecule has 0 unspecified atom stereocenters. The molecular weight excluding hydrogens is 338 g/mol. The van der Waals surface area contributed by atoms with Crippen LogP contribution in [0.15, 0.2) is 46.3 Å². The van der Waals surface area contributed by atoms with Crippen LogP contribution in [0.2, 0.25) is 0 Å². The van der Waals surface area contributed by atoms with Crippen molar-refractivity contribution in [1.29, 1.82) is 0 Å². The van der Waals surface area contributed by atoms with Gasteiger partial charge in [-0.25, -0.2) is 0 Å². The second kappa shape index (κ2) is 8.06. The first-order chi connectivity index (χ1) is 12.2. The van der Waals surface area contributed by atoms with Crippen LogP contribution in [0.3, 0.4) is 0 Å². The van der Waals surface area contributed by atoms with E-state index in [9.17, 15) is 4.79 Å². The molecule has 0 saturated carbocycles. The van der Waals surface area contributed by atoms with E-state index in [0.717, 1.165) is 29.7 Å². The first-order valence-corrected chi connectivity index (χ1v) is 9.10. The van der Waals surface area contributed by atoms with E-state index in [4.69, 9.17) is 4.42 Å². The van der Waals surface area contributed by atoms with Gasteiger partial charge in [0.1, 0.15) is 11.6 Å². The molecule has 1 amide bonds. The minimum Gasteiger partial charge on any atom is -0.467 e. The second-order valence-electron chi connectivity index (χ2n) is 5.58. The summed E-state index contributed by atoms with van der Waals surface area (Å²) in [4.78, 5) is 12.0. The van der Waals surface area contributed by atoms with Crippen LogP contribution in [-0.4, -0.2) is 31.0 Å². The minimum atomic E-state index is -0.0592. The first-order valence-electron chi connectivity index (χ1n) is 8.11. The molecule has 3 aromatic rings. The SMILES string of the molecule is CCn1c(Cc2cccn2C)nnc1SCC(=O)NCc1ccco1. The molecule has 8 heteroatoms. The second-order valence-corrected chi connectivity index (χ2v) is 6.52. The molecular formula is C17H21N5O2S. The third-order valence-corrected chi connectivity index (χ3v) is 4.84. The van der Waals surface area contributed by atoms with Crippen LogP contribution in [0, 0.1) is 0 Å². The molecule has 132 valence electrons. The summed E-state index contributed by atoms with van der Waals surface area (Å²) in [6.45, 7) is 3.22. The largest absolute Gasteiger partial charge is 0.467 e. The highest BCUT2D eigenvalue weighted by atomic mass is 32.2. The van der Waals surface area contributed by atoms with E-state index < -0.39 is 0 Å². The average Bonchev–Trinajstić information content (AvgIpc) is 3.34. The molecule has 0 aliphatic heterocycles. The number of aromatic nitrogens is 4. The topological polar surface area (TPSA) is 77.9 Å². The highest BCUT2D eigenvalue weighted by molar-refractivity contribution is 7.99. The number of aryl methyl sites for hydroxylation is 1. The molecule has 1 N–H and O–H groups in total. The molecule has 3 heterocycles. The van der Waals surface area contributed by atoms with Gasteiger partial charge in [-0.15, -0.1) is 10.2 Å². The molecule has 0 aromatic carbocycles. The number of carbonyl (C=O) groups excluding carboxylic acids is 1. The molecule has 0 aliphatic carbocycles. The summed E-state index contributed by atoms with van der Waals surface area (Å²) in [6.07, 6.45) is 4.32. The lowest BCUT2D eigenvalue weighted by Crippen LogP contribution is -2.24. The van der Waals surface area contributed by atoms with Crippen molar-refractivity contribution in [1.82, 2.24) is 24.6 Å². The Kier molecular flexibility index (Phi) is 5.60. The summed E-state index contributed by atoms with van der Waals surface area (Å²) in [7, 11) is 2.01. The lowest BCUT2D eigenvalue weighted by Gasteiger charge is -2.08. The number of furan rings is 1. The highest BCUT2D eigenvalue weighted by Gasteiger charge is 2.14. The standard InChI is InChI=1S/C17H21N5O2S/c1-3-22-15(10-13-6-4-8-21(13)2)19-20-17(22)25-12-16(23)18-11-14-7-5-9-24-14/h4-9H,3,10-12H2,1-2H3,(H,18,23). The van der Waals surface area contributed by atoms with Gasteiger partial charge in [-0.1, -0.05) is 11.8 Å². The summed E-state index contributed by atoms with van der Waals surface area (Å²) >= 11 is 1.39. The Morgan fingerprint density at radius 1 is 1.32 bits per heavy atom. The Hall–Kier alpha value is -2.48. The molecule has 0 bridgehead atoms. The number of nitrogens with one attached hydrogen (secondary N) is 1. The number of hydrogen-bond acceptors (Lipinski definition) is 5. The lowest BCUT2D eigenvalue weighted by molar-refractivity contribution is -0.118. The molecule has 25 heavy (non-hydrogen) atoms. The van der Waals surface area contributed by atoms with Gasteiger partial charge in [-0.05, 0) is 31.2 Å². The highest BCUT2D eigenvalue weighted by Crippen LogP contribution is 2.18. The summed E-state index contributed by atoms with van der Waals surface area (Å²) in [5.74, 6) is 1.88. The van der Waals surface area contributed by atoms with Gasteiger partial charge in [-0.3, -0.25) is 4.79 Å². The predicted octanol–water partition coefficient (Wildman–Crippen LogP) is 2.23. The normalized spacial score (nSPS) is 11.0. The third-order valence-electron chi connectivity index (χ3n) is 3.87. The lowest BCUT2D eigenvalue weighted by atomic mass is 10.3. The van der Waals surface area contributed by atoms with E-state index in [0.29, 0.717) is 12.3 Å². The smallest absolute Gasteiger partial charge is 0.230 e. The van der Waals surface area contributed by atoms with Crippen molar-refractivity contribution < 1.29 is 9.21 Å². The zero-order chi connectivity index (χ0) is 17.6. The van der Waals surface area contributed by atoms with E-state index in [-0.39, 0.29) is 5.91 Å². The fourth-order valence-corrected chi connectivity index (χ4v) is 3.35. The molecule has 0 spiro atoms. The van der Waals surface area contributed by atoms with Crippen LogP contribution in [-0.2, 0) is 31.4 Å². The summed E-state index contributed by atoms with van der Waals surface area (Å²) in [5.41, 5.74) is 1.18. The van der Waals surface area contributed by atoms with Crippen molar-refractivity contribution in [2.45, 2.75) is 31.6 Å². The van der Waals surface area contributed by atoms with Crippen molar-refractivity contribution in [2.75, 3.05) is 5.75 Å². The van der Waals surface area contributed by atoms with E-state index in [2.05, 4.69) is 37.6 Å². The van der Waals surface area contributed by atoms with Gasteiger partial charge < -0.3 is 18.9 Å². The fraction of sp³-hybridized carbons (Fsp3) is 0.353. The van der Waals surface area contributed by atoms with E-state index in [1.165, 1.54) is 17.5 Å². The van der Waals surface area contributed by atoms with Crippen LogP contribution in [0.25, 0.3) is 0 Å². The zero-order valence-corrected chi connectivity index (χ0v) is 15.1. The van der Waals surface area contributed by atoms with Gasteiger partial charge >= 0.3 is 0 Å². The molecule has 0 radical (unpaired) electrons. The number of nitrogens with zero attached hydrogens (tertiary/aromatic N) is 4. The third kappa shape index (κ3) is 4.33. The Balaban J connectivity index is 1.57. The number of hydrogen-bond donors (Lipinski definition) is 1. The number of rotatable bonds is 8. The number of thioether (sulfide) groups is 1. The van der Waals surface area contributed by atoms with E-state index >= 15 is 0 Å². The van der Waals surface area contributed by atoms with Crippen molar-refractivity contribution in [2.24, 2.45) is 7.05 Å². The minimum absolute atomic E-state index is 0.0592. The average molecular weight is 359 g/mol. The van der Waals surface area contributed by atoms with Crippen LogP contribution < -0.4 is 5.32 Å². The van der Waals surface area contributed by atoms with Crippen LogP contribution in [0.5, 0.6) is 0 Å². The Bertz CT molecular complexity index is 822. The van der Waals surface area contributed by atoms with E-state index in [1.807, 2.05) is 25.4 Å². The zero-order valence-electron chi connectivity index (χ0n) is 14.3. The Morgan fingerprint density at radius 3 is 2.88 bits per heavy atom. The van der Waals surface area contributed by atoms with Crippen LogP contribution in [0.4, 0.5) is 0 Å². The summed E-state index contributed by atoms with van der Waals surface area (Å²) in [6, 6.07) is 7.72. The molecule has 0 fully saturated rings. The number of carbonyl (C=O) groups is 1. The van der Waals surface area contributed by atoms with Crippen molar-refractivity contribution in [3.8, 4) is 0 Å². The van der Waals surface area contributed by atoms with Gasteiger partial charge in [0.2, 0.25) is 5.91 Å². The predicted molar refractivity (Wildman–Crippen MR) is 95.2 cm³/mol. The van der Waals surface area contributed by atoms with Gasteiger partial charge in [0.25, 0.3) is 0 Å². The van der Waals surface area contributed by atoms with Crippen molar-refractivity contribution >= 4 is 17.7 Å². The van der Waals surface area contributed by atoms with Crippen molar-refractivity contribution in [3.05, 3.63) is 54.0 Å². The monoisotopic (exact) mass is 359 g/mol. The Labute approximate surface area is 150 Å². The maximum absolute atomic E-state index is 12.0. The maximum atomic E-state index is 12.0. The van der Waals surface area contributed by atoms with Gasteiger partial charge in [0, 0.05) is 31.9 Å².